The fourth-order valence-corrected chi connectivity index (χ4v) is 4.44. The van der Waals surface area contributed by atoms with Gasteiger partial charge in [-0.3, -0.25) is 0 Å². The lowest BCUT2D eigenvalue weighted by Crippen LogP contribution is -2.55. The lowest BCUT2D eigenvalue weighted by atomic mass is 10.0. The van der Waals surface area contributed by atoms with Gasteiger partial charge >= 0.3 is 5.69 Å². The van der Waals surface area contributed by atoms with E-state index in [0.717, 1.165) is 6.54 Å². The SMILES string of the molecule is CC(C)c1ncnc(C(C)C)c1-n1c(=O)nc(N2C[C@H](C)NC[C@@H]2C)c2cc(F)c(Cl)nc21. The lowest BCUT2D eigenvalue weighted by molar-refractivity contribution is 0.423. The summed E-state index contributed by atoms with van der Waals surface area (Å²) in [5, 5.41) is 3.53. The Morgan fingerprint density at radius 1 is 1.12 bits per heavy atom. The molecule has 0 spiro atoms. The molecular formula is C23H29ClFN7O. The minimum Gasteiger partial charge on any atom is -0.350 e. The third-order valence-corrected chi connectivity index (χ3v) is 6.26. The minimum absolute atomic E-state index is 0.00656. The Hall–Kier alpha value is -2.65. The molecule has 176 valence electrons. The minimum atomic E-state index is -0.661. The molecule has 2 atom stereocenters. The second-order valence-electron chi connectivity index (χ2n) is 9.30. The van der Waals surface area contributed by atoms with E-state index in [1.807, 2.05) is 39.5 Å². The largest absolute Gasteiger partial charge is 0.355 e. The van der Waals surface area contributed by atoms with Crippen molar-refractivity contribution in [2.24, 2.45) is 0 Å². The summed E-state index contributed by atoms with van der Waals surface area (Å²) in [5.41, 5.74) is 1.64. The first kappa shape index (κ1) is 23.5. The molecule has 33 heavy (non-hydrogen) atoms. The number of piperazine rings is 1. The van der Waals surface area contributed by atoms with Gasteiger partial charge in [0.25, 0.3) is 0 Å². The van der Waals surface area contributed by atoms with Crippen molar-refractivity contribution in [3.05, 3.63) is 45.2 Å². The maximum atomic E-state index is 14.7. The Kier molecular flexibility index (Phi) is 6.37. The fourth-order valence-electron chi connectivity index (χ4n) is 4.30. The van der Waals surface area contributed by atoms with Crippen LogP contribution in [0.1, 0.15) is 64.8 Å². The van der Waals surface area contributed by atoms with Crippen molar-refractivity contribution >= 4 is 28.5 Å². The summed E-state index contributed by atoms with van der Waals surface area (Å²) in [5.74, 6) is -0.242. The number of fused-ring (bicyclic) bond motifs is 1. The van der Waals surface area contributed by atoms with Gasteiger partial charge in [0.15, 0.2) is 16.6 Å². The highest BCUT2D eigenvalue weighted by molar-refractivity contribution is 6.30. The summed E-state index contributed by atoms with van der Waals surface area (Å²) in [6.07, 6.45) is 1.51. The molecule has 0 unspecified atom stereocenters. The van der Waals surface area contributed by atoms with E-state index >= 15 is 0 Å². The van der Waals surface area contributed by atoms with Crippen molar-refractivity contribution in [3.63, 3.8) is 0 Å². The van der Waals surface area contributed by atoms with E-state index in [2.05, 4.69) is 32.2 Å². The number of pyridine rings is 1. The average molecular weight is 474 g/mol. The van der Waals surface area contributed by atoms with Crippen LogP contribution in [0.2, 0.25) is 5.15 Å². The molecule has 1 aliphatic heterocycles. The third kappa shape index (κ3) is 4.19. The number of hydrogen-bond donors (Lipinski definition) is 1. The normalized spacial score (nSPS) is 19.2. The molecule has 1 aliphatic rings. The summed E-state index contributed by atoms with van der Waals surface area (Å²) in [4.78, 5) is 33.4. The molecule has 1 fully saturated rings. The maximum absolute atomic E-state index is 14.7. The summed E-state index contributed by atoms with van der Waals surface area (Å²) in [7, 11) is 0. The number of anilines is 1. The fraction of sp³-hybridized carbons (Fsp3) is 0.522. The van der Waals surface area contributed by atoms with Crippen LogP contribution in [0.25, 0.3) is 16.7 Å². The number of hydrogen-bond acceptors (Lipinski definition) is 7. The smallest absolute Gasteiger partial charge is 0.350 e. The van der Waals surface area contributed by atoms with Gasteiger partial charge in [-0.2, -0.15) is 4.98 Å². The van der Waals surface area contributed by atoms with Crippen molar-refractivity contribution in [3.8, 4) is 5.69 Å². The molecule has 0 aliphatic carbocycles. The number of halogens is 2. The Labute approximate surface area is 197 Å². The standard InChI is InChI=1S/C23H29ClFN7O/c1-11(2)17-19(18(12(3)4)28-10-27-17)32-22-15(7-16(25)20(24)29-22)21(30-23(32)33)31-9-13(5)26-8-14(31)6/h7,10-14,26H,8-9H2,1-6H3/t13-,14-/m0/s1. The molecule has 8 nitrogen and oxygen atoms in total. The molecule has 4 rings (SSSR count). The van der Waals surface area contributed by atoms with Gasteiger partial charge < -0.3 is 10.2 Å². The average Bonchev–Trinajstić information content (AvgIpc) is 2.75. The van der Waals surface area contributed by atoms with E-state index in [1.54, 1.807) is 0 Å². The molecule has 0 bridgehead atoms. The molecule has 0 amide bonds. The van der Waals surface area contributed by atoms with Crippen LogP contribution in [-0.4, -0.2) is 49.7 Å². The van der Waals surface area contributed by atoms with Gasteiger partial charge in [0.2, 0.25) is 0 Å². The van der Waals surface area contributed by atoms with Crippen molar-refractivity contribution < 1.29 is 4.39 Å². The highest BCUT2D eigenvalue weighted by Crippen LogP contribution is 2.33. The first-order chi connectivity index (χ1) is 15.6. The van der Waals surface area contributed by atoms with Crippen LogP contribution in [0.3, 0.4) is 0 Å². The molecular weight excluding hydrogens is 445 g/mol. The van der Waals surface area contributed by atoms with Gasteiger partial charge in [0.05, 0.1) is 22.5 Å². The molecule has 1 saturated heterocycles. The third-order valence-electron chi connectivity index (χ3n) is 5.99. The number of rotatable bonds is 4. The zero-order valence-electron chi connectivity index (χ0n) is 19.7. The van der Waals surface area contributed by atoms with Crippen molar-refractivity contribution in [2.75, 3.05) is 18.0 Å². The summed E-state index contributed by atoms with van der Waals surface area (Å²) in [6, 6.07) is 1.56. The Bertz CT molecular complexity index is 1230. The second kappa shape index (κ2) is 8.95. The van der Waals surface area contributed by atoms with Crippen LogP contribution in [0.4, 0.5) is 10.2 Å². The highest BCUT2D eigenvalue weighted by Gasteiger charge is 2.29. The molecule has 4 heterocycles. The first-order valence-corrected chi connectivity index (χ1v) is 11.6. The predicted octanol–water partition coefficient (Wildman–Crippen LogP) is 3.80. The first-order valence-electron chi connectivity index (χ1n) is 11.2. The van der Waals surface area contributed by atoms with Crippen LogP contribution in [0.15, 0.2) is 17.2 Å². The predicted molar refractivity (Wildman–Crippen MR) is 128 cm³/mol. The van der Waals surface area contributed by atoms with E-state index < -0.39 is 11.5 Å². The number of nitrogens with zero attached hydrogens (tertiary/aromatic N) is 6. The molecule has 10 heteroatoms. The Morgan fingerprint density at radius 3 is 2.36 bits per heavy atom. The Balaban J connectivity index is 2.11. The van der Waals surface area contributed by atoms with Gasteiger partial charge in [0.1, 0.15) is 12.1 Å². The highest BCUT2D eigenvalue weighted by atomic mass is 35.5. The lowest BCUT2D eigenvalue weighted by Gasteiger charge is -2.38. The van der Waals surface area contributed by atoms with Crippen LogP contribution in [0.5, 0.6) is 0 Å². The quantitative estimate of drug-likeness (QED) is 0.576. The van der Waals surface area contributed by atoms with Crippen LogP contribution in [-0.2, 0) is 0 Å². The van der Waals surface area contributed by atoms with E-state index in [9.17, 15) is 9.18 Å². The van der Waals surface area contributed by atoms with Gasteiger partial charge in [-0.25, -0.2) is 28.7 Å². The summed E-state index contributed by atoms with van der Waals surface area (Å²) in [6.45, 7) is 13.4. The van der Waals surface area contributed by atoms with Crippen LogP contribution in [0, 0.1) is 5.82 Å². The molecule has 0 radical (unpaired) electrons. The molecule has 3 aromatic heterocycles. The topological polar surface area (TPSA) is 88.8 Å². The van der Waals surface area contributed by atoms with E-state index in [1.165, 1.54) is 17.0 Å². The zero-order chi connectivity index (χ0) is 24.0. The second-order valence-corrected chi connectivity index (χ2v) is 9.66. The van der Waals surface area contributed by atoms with Gasteiger partial charge in [-0.05, 0) is 31.7 Å². The summed E-state index contributed by atoms with van der Waals surface area (Å²) >= 11 is 6.12. The van der Waals surface area contributed by atoms with Crippen molar-refractivity contribution in [1.82, 2.24) is 29.8 Å². The Morgan fingerprint density at radius 2 is 1.76 bits per heavy atom. The van der Waals surface area contributed by atoms with Gasteiger partial charge in [0, 0.05) is 25.2 Å². The summed E-state index contributed by atoms with van der Waals surface area (Å²) < 4.78 is 16.0. The molecule has 3 aromatic rings. The molecule has 0 aromatic carbocycles. The van der Waals surface area contributed by atoms with E-state index in [0.29, 0.717) is 34.8 Å². The van der Waals surface area contributed by atoms with E-state index in [4.69, 9.17) is 11.6 Å². The van der Waals surface area contributed by atoms with Crippen molar-refractivity contribution in [1.29, 1.82) is 0 Å². The van der Waals surface area contributed by atoms with Crippen molar-refractivity contribution in [2.45, 2.75) is 65.5 Å². The van der Waals surface area contributed by atoms with Crippen LogP contribution >= 0.6 is 11.6 Å². The zero-order valence-corrected chi connectivity index (χ0v) is 20.5. The van der Waals surface area contributed by atoms with Crippen LogP contribution < -0.4 is 15.9 Å². The van der Waals surface area contributed by atoms with E-state index in [-0.39, 0.29) is 34.7 Å². The molecule has 0 saturated carbocycles. The van der Waals surface area contributed by atoms with Gasteiger partial charge in [-0.15, -0.1) is 0 Å². The number of nitrogens with one attached hydrogen (secondary N) is 1. The van der Waals surface area contributed by atoms with Gasteiger partial charge in [-0.1, -0.05) is 39.3 Å². The monoisotopic (exact) mass is 473 g/mol. The maximum Gasteiger partial charge on any atom is 0.355 e. The molecule has 1 N–H and O–H groups in total. The number of aromatic nitrogens is 5.